The second kappa shape index (κ2) is 2.58. The standard InChI is InChI=1S/C7H10N2O3/c1-5-9-2-3-11-6(4-10)7(9)8-12-5/h4-5,10H,2-3H2,1H3/b6-4-/t5-/m0/s1. The SMILES string of the molecule is C[C@@H]1ON=C2/C(=C/O)OCCN21. The average molecular weight is 170 g/mol. The predicted octanol–water partition coefficient (Wildman–Crippen LogP) is 0.408. The smallest absolute Gasteiger partial charge is 0.217 e. The molecule has 5 nitrogen and oxygen atoms in total. The summed E-state index contributed by atoms with van der Waals surface area (Å²) in [6, 6.07) is 0. The Hall–Kier alpha value is -1.39. The molecule has 66 valence electrons. The van der Waals surface area contributed by atoms with Crippen LogP contribution in [0.25, 0.3) is 0 Å². The summed E-state index contributed by atoms with van der Waals surface area (Å²) < 4.78 is 5.15. The number of morpholine rings is 1. The van der Waals surface area contributed by atoms with Gasteiger partial charge in [0.1, 0.15) is 12.9 Å². The zero-order valence-electron chi connectivity index (χ0n) is 6.73. The number of hydrogen-bond acceptors (Lipinski definition) is 5. The highest BCUT2D eigenvalue weighted by molar-refractivity contribution is 5.97. The molecule has 0 aromatic heterocycles. The van der Waals surface area contributed by atoms with Crippen LogP contribution in [0.2, 0.25) is 0 Å². The van der Waals surface area contributed by atoms with Crippen LogP contribution in [0, 0.1) is 0 Å². The van der Waals surface area contributed by atoms with E-state index in [-0.39, 0.29) is 6.23 Å². The average Bonchev–Trinajstić information content (AvgIpc) is 2.48. The van der Waals surface area contributed by atoms with E-state index in [1.165, 1.54) is 0 Å². The van der Waals surface area contributed by atoms with Gasteiger partial charge in [0.15, 0.2) is 12.0 Å². The van der Waals surface area contributed by atoms with E-state index in [0.29, 0.717) is 18.2 Å². The molecule has 0 aliphatic carbocycles. The maximum atomic E-state index is 8.77. The van der Waals surface area contributed by atoms with Gasteiger partial charge in [0.2, 0.25) is 5.84 Å². The largest absolute Gasteiger partial charge is 0.512 e. The van der Waals surface area contributed by atoms with E-state index in [4.69, 9.17) is 14.7 Å². The quantitative estimate of drug-likeness (QED) is 0.535. The number of fused-ring (bicyclic) bond motifs is 1. The van der Waals surface area contributed by atoms with Crippen LogP contribution in [0.4, 0.5) is 0 Å². The van der Waals surface area contributed by atoms with Crippen molar-refractivity contribution in [1.82, 2.24) is 4.90 Å². The summed E-state index contributed by atoms with van der Waals surface area (Å²) in [5, 5.41) is 12.6. The Balaban J connectivity index is 2.24. The lowest BCUT2D eigenvalue weighted by Crippen LogP contribution is -2.41. The Kier molecular flexibility index (Phi) is 1.56. The van der Waals surface area contributed by atoms with Gasteiger partial charge in [-0.1, -0.05) is 5.16 Å². The van der Waals surface area contributed by atoms with Crippen molar-refractivity contribution in [3.63, 3.8) is 0 Å². The van der Waals surface area contributed by atoms with Gasteiger partial charge in [0.25, 0.3) is 0 Å². The second-order valence-corrected chi connectivity index (χ2v) is 2.65. The Bertz CT molecular complexity index is 249. The number of amidine groups is 1. The van der Waals surface area contributed by atoms with Gasteiger partial charge < -0.3 is 19.6 Å². The van der Waals surface area contributed by atoms with Crippen LogP contribution in [0.15, 0.2) is 17.2 Å². The lowest BCUT2D eigenvalue weighted by molar-refractivity contribution is 0.0130. The molecule has 0 radical (unpaired) electrons. The van der Waals surface area contributed by atoms with Crippen molar-refractivity contribution in [2.24, 2.45) is 5.16 Å². The van der Waals surface area contributed by atoms with Gasteiger partial charge in [0.05, 0.1) is 6.54 Å². The number of aliphatic hydroxyl groups excluding tert-OH is 1. The van der Waals surface area contributed by atoms with Gasteiger partial charge in [-0.15, -0.1) is 0 Å². The number of hydrogen-bond donors (Lipinski definition) is 1. The number of rotatable bonds is 0. The van der Waals surface area contributed by atoms with Crippen LogP contribution in [-0.2, 0) is 9.57 Å². The van der Waals surface area contributed by atoms with Gasteiger partial charge in [0, 0.05) is 0 Å². The van der Waals surface area contributed by atoms with E-state index in [0.717, 1.165) is 12.8 Å². The van der Waals surface area contributed by atoms with Crippen LogP contribution < -0.4 is 0 Å². The summed E-state index contributed by atoms with van der Waals surface area (Å²) in [5.41, 5.74) is 0. The summed E-state index contributed by atoms with van der Waals surface area (Å²) in [7, 11) is 0. The van der Waals surface area contributed by atoms with Gasteiger partial charge in [-0.3, -0.25) is 0 Å². The lowest BCUT2D eigenvalue weighted by atomic mass is 10.3. The molecule has 2 aliphatic heterocycles. The molecule has 1 atom stereocenters. The Morgan fingerprint density at radius 2 is 2.58 bits per heavy atom. The fourth-order valence-electron chi connectivity index (χ4n) is 1.30. The first kappa shape index (κ1) is 7.27. The monoisotopic (exact) mass is 170 g/mol. The molecule has 0 amide bonds. The zero-order chi connectivity index (χ0) is 8.55. The van der Waals surface area contributed by atoms with Crippen molar-refractivity contribution < 1.29 is 14.7 Å². The highest BCUT2D eigenvalue weighted by Crippen LogP contribution is 2.20. The number of ether oxygens (including phenoxy) is 1. The minimum atomic E-state index is -0.0566. The first-order valence-electron chi connectivity index (χ1n) is 3.81. The van der Waals surface area contributed by atoms with Gasteiger partial charge in [-0.05, 0) is 6.92 Å². The third-order valence-corrected chi connectivity index (χ3v) is 1.93. The molecule has 0 bridgehead atoms. The number of nitrogens with zero attached hydrogens (tertiary/aromatic N) is 2. The van der Waals surface area contributed by atoms with Crippen LogP contribution in [-0.4, -0.2) is 35.2 Å². The minimum Gasteiger partial charge on any atom is -0.512 e. The maximum Gasteiger partial charge on any atom is 0.217 e. The van der Waals surface area contributed by atoms with Crippen molar-refractivity contribution in [3.8, 4) is 0 Å². The Labute approximate surface area is 69.9 Å². The van der Waals surface area contributed by atoms with Gasteiger partial charge in [-0.25, -0.2) is 0 Å². The van der Waals surface area contributed by atoms with E-state index in [1.807, 2.05) is 11.8 Å². The molecule has 2 rings (SSSR count). The maximum absolute atomic E-state index is 8.77. The molecule has 5 heteroatoms. The third kappa shape index (κ3) is 0.895. The van der Waals surface area contributed by atoms with Crippen molar-refractivity contribution in [1.29, 1.82) is 0 Å². The van der Waals surface area contributed by atoms with Gasteiger partial charge >= 0.3 is 0 Å². The molecular weight excluding hydrogens is 160 g/mol. The molecular formula is C7H10N2O3. The van der Waals surface area contributed by atoms with E-state index >= 15 is 0 Å². The first-order valence-corrected chi connectivity index (χ1v) is 3.81. The molecule has 0 aromatic rings. The fourth-order valence-corrected chi connectivity index (χ4v) is 1.30. The fraction of sp³-hybridized carbons (Fsp3) is 0.571. The summed E-state index contributed by atoms with van der Waals surface area (Å²) in [6.07, 6.45) is 0.852. The molecule has 12 heavy (non-hydrogen) atoms. The van der Waals surface area contributed by atoms with Crippen LogP contribution in [0.5, 0.6) is 0 Å². The molecule has 2 aliphatic rings. The van der Waals surface area contributed by atoms with Crippen molar-refractivity contribution in [3.05, 3.63) is 12.0 Å². The molecule has 0 aromatic carbocycles. The lowest BCUT2D eigenvalue weighted by Gasteiger charge is -2.27. The zero-order valence-corrected chi connectivity index (χ0v) is 6.73. The van der Waals surface area contributed by atoms with Crippen LogP contribution >= 0.6 is 0 Å². The highest BCUT2D eigenvalue weighted by Gasteiger charge is 2.33. The first-order chi connectivity index (χ1) is 5.83. The molecule has 0 unspecified atom stereocenters. The molecule has 1 fully saturated rings. The summed E-state index contributed by atoms with van der Waals surface area (Å²) >= 11 is 0. The van der Waals surface area contributed by atoms with Crippen LogP contribution in [0.3, 0.4) is 0 Å². The van der Waals surface area contributed by atoms with Crippen molar-refractivity contribution in [2.75, 3.05) is 13.2 Å². The molecule has 1 saturated heterocycles. The Morgan fingerprint density at radius 3 is 3.33 bits per heavy atom. The second-order valence-electron chi connectivity index (χ2n) is 2.65. The van der Waals surface area contributed by atoms with E-state index in [9.17, 15) is 0 Å². The minimum absolute atomic E-state index is 0.0566. The third-order valence-electron chi connectivity index (χ3n) is 1.93. The number of oxime groups is 1. The summed E-state index contributed by atoms with van der Waals surface area (Å²) in [5.74, 6) is 0.960. The molecule has 0 saturated carbocycles. The molecule has 0 spiro atoms. The van der Waals surface area contributed by atoms with Crippen molar-refractivity contribution in [2.45, 2.75) is 13.2 Å². The van der Waals surface area contributed by atoms with E-state index < -0.39 is 0 Å². The predicted molar refractivity (Wildman–Crippen MR) is 41.4 cm³/mol. The number of aliphatic hydroxyl groups is 1. The summed E-state index contributed by atoms with van der Waals surface area (Å²) in [4.78, 5) is 6.95. The highest BCUT2D eigenvalue weighted by atomic mass is 16.7. The van der Waals surface area contributed by atoms with Crippen LogP contribution in [0.1, 0.15) is 6.92 Å². The van der Waals surface area contributed by atoms with Crippen molar-refractivity contribution >= 4 is 5.84 Å². The Morgan fingerprint density at radius 1 is 1.75 bits per heavy atom. The molecule has 2 heterocycles. The van der Waals surface area contributed by atoms with Gasteiger partial charge in [-0.2, -0.15) is 0 Å². The summed E-state index contributed by atoms with van der Waals surface area (Å²) in [6.45, 7) is 3.20. The van der Waals surface area contributed by atoms with E-state index in [2.05, 4.69) is 5.16 Å². The van der Waals surface area contributed by atoms with E-state index in [1.54, 1.807) is 0 Å². The topological polar surface area (TPSA) is 54.3 Å². The normalized spacial score (nSPS) is 30.8. The molecule has 1 N–H and O–H groups in total.